The second-order valence-electron chi connectivity index (χ2n) is 9.16. The Kier molecular flexibility index (Phi) is 4.45. The van der Waals surface area contributed by atoms with Crippen molar-refractivity contribution in [2.45, 2.75) is 68.3 Å². The lowest BCUT2D eigenvalue weighted by Crippen LogP contribution is -2.60. The van der Waals surface area contributed by atoms with E-state index in [1.54, 1.807) is 4.68 Å². The van der Waals surface area contributed by atoms with Crippen LogP contribution in [0, 0.1) is 24.7 Å². The van der Waals surface area contributed by atoms with E-state index in [-0.39, 0.29) is 16.7 Å². The Morgan fingerprint density at radius 1 is 1.14 bits per heavy atom. The summed E-state index contributed by atoms with van der Waals surface area (Å²) >= 11 is 1.43. The summed E-state index contributed by atoms with van der Waals surface area (Å²) in [5.41, 5.74) is 2.14. The minimum atomic E-state index is -0.233. The van der Waals surface area contributed by atoms with Gasteiger partial charge in [-0.05, 0) is 92.7 Å². The second-order valence-corrected chi connectivity index (χ2v) is 10.5. The summed E-state index contributed by atoms with van der Waals surface area (Å²) < 4.78 is 1.71. The lowest BCUT2D eigenvalue weighted by molar-refractivity contribution is -0.126. The maximum absolute atomic E-state index is 13.0. The number of nitrogens with zero attached hydrogens (tertiary/aromatic N) is 4. The molecule has 148 valence electrons. The molecule has 0 unspecified atom stereocenters. The van der Waals surface area contributed by atoms with E-state index in [2.05, 4.69) is 27.8 Å². The van der Waals surface area contributed by atoms with Gasteiger partial charge in [-0.15, -0.1) is 5.10 Å². The van der Waals surface area contributed by atoms with Crippen LogP contribution in [0.15, 0.2) is 29.4 Å². The van der Waals surface area contributed by atoms with E-state index in [1.165, 1.54) is 55.9 Å². The fraction of sp³-hybridized carbons (Fsp3) is 0.619. The van der Waals surface area contributed by atoms with Crippen molar-refractivity contribution in [1.82, 2.24) is 25.5 Å². The summed E-state index contributed by atoms with van der Waals surface area (Å²) in [4.78, 5) is 13.0. The number of nitrogens with one attached hydrogen (secondary N) is 1. The molecule has 1 aromatic carbocycles. The van der Waals surface area contributed by atoms with Crippen molar-refractivity contribution in [1.29, 1.82) is 0 Å². The molecule has 0 aliphatic heterocycles. The number of hydrogen-bond acceptors (Lipinski definition) is 5. The molecule has 4 fully saturated rings. The maximum Gasteiger partial charge on any atom is 0.233 e. The molecule has 1 atom stereocenters. The van der Waals surface area contributed by atoms with Crippen LogP contribution in [0.2, 0.25) is 0 Å². The molecule has 1 amide bonds. The molecule has 6 rings (SSSR count). The fourth-order valence-corrected chi connectivity index (χ4v) is 6.75. The van der Waals surface area contributed by atoms with E-state index in [4.69, 9.17) is 0 Å². The number of hydrogen-bond donors (Lipinski definition) is 1. The number of carbonyl (C=O) groups is 1. The second kappa shape index (κ2) is 6.87. The van der Waals surface area contributed by atoms with Gasteiger partial charge in [0.1, 0.15) is 0 Å². The molecule has 6 nitrogen and oxygen atoms in total. The first kappa shape index (κ1) is 18.2. The summed E-state index contributed by atoms with van der Waals surface area (Å²) in [6, 6.07) is 8.06. The molecular weight excluding hydrogens is 370 g/mol. The quantitative estimate of drug-likeness (QED) is 0.782. The van der Waals surface area contributed by atoms with Crippen LogP contribution in [0.4, 0.5) is 0 Å². The molecule has 7 heteroatoms. The molecule has 28 heavy (non-hydrogen) atoms. The lowest BCUT2D eigenvalue weighted by Gasteiger charge is -2.57. The smallest absolute Gasteiger partial charge is 0.233 e. The SMILES string of the molecule is Cc1ccc(-n2nnnc2S[C@H](C)C(=O)NC23CC4CC(CC(C4)C2)C3)cc1. The molecule has 4 aliphatic rings. The topological polar surface area (TPSA) is 72.7 Å². The van der Waals surface area contributed by atoms with Crippen molar-refractivity contribution in [3.05, 3.63) is 29.8 Å². The van der Waals surface area contributed by atoms with Gasteiger partial charge in [-0.2, -0.15) is 4.68 Å². The van der Waals surface area contributed by atoms with Gasteiger partial charge in [0.05, 0.1) is 10.9 Å². The number of aromatic nitrogens is 4. The first-order valence-corrected chi connectivity index (χ1v) is 11.2. The monoisotopic (exact) mass is 397 g/mol. The van der Waals surface area contributed by atoms with Gasteiger partial charge in [-0.3, -0.25) is 4.79 Å². The molecule has 2 aromatic rings. The fourth-order valence-electron chi connectivity index (χ4n) is 5.94. The average molecular weight is 398 g/mol. The number of aryl methyl sites for hydroxylation is 1. The number of rotatable bonds is 5. The van der Waals surface area contributed by atoms with Gasteiger partial charge in [0.15, 0.2) is 0 Å². The summed E-state index contributed by atoms with van der Waals surface area (Å²) in [6.45, 7) is 4.00. The highest BCUT2D eigenvalue weighted by Gasteiger charge is 2.51. The van der Waals surface area contributed by atoms with Crippen molar-refractivity contribution in [3.63, 3.8) is 0 Å². The van der Waals surface area contributed by atoms with E-state index in [1.807, 2.05) is 31.2 Å². The Labute approximate surface area is 169 Å². The van der Waals surface area contributed by atoms with Gasteiger partial charge in [0, 0.05) is 5.54 Å². The van der Waals surface area contributed by atoms with Gasteiger partial charge in [0.25, 0.3) is 0 Å². The Hall–Kier alpha value is -1.89. The van der Waals surface area contributed by atoms with Crippen molar-refractivity contribution in [2.75, 3.05) is 0 Å². The van der Waals surface area contributed by atoms with E-state index < -0.39 is 0 Å². The molecule has 4 bridgehead atoms. The number of benzene rings is 1. The molecule has 4 saturated carbocycles. The molecule has 0 radical (unpaired) electrons. The highest BCUT2D eigenvalue weighted by Crippen LogP contribution is 2.55. The van der Waals surface area contributed by atoms with Gasteiger partial charge >= 0.3 is 0 Å². The first-order valence-electron chi connectivity index (χ1n) is 10.3. The Morgan fingerprint density at radius 2 is 1.75 bits per heavy atom. The van der Waals surface area contributed by atoms with Gasteiger partial charge in [0.2, 0.25) is 11.1 Å². The molecule has 0 spiro atoms. The third kappa shape index (κ3) is 3.34. The van der Waals surface area contributed by atoms with Crippen LogP contribution in [0.3, 0.4) is 0 Å². The average Bonchev–Trinajstić information content (AvgIpc) is 3.09. The van der Waals surface area contributed by atoms with Crippen molar-refractivity contribution in [3.8, 4) is 5.69 Å². The number of thioether (sulfide) groups is 1. The minimum absolute atomic E-state index is 0.0452. The van der Waals surface area contributed by atoms with Crippen LogP contribution in [0.25, 0.3) is 5.69 Å². The van der Waals surface area contributed by atoms with E-state index >= 15 is 0 Å². The number of carbonyl (C=O) groups excluding carboxylic acids is 1. The Balaban J connectivity index is 1.28. The summed E-state index contributed by atoms with van der Waals surface area (Å²) in [7, 11) is 0. The van der Waals surface area contributed by atoms with Crippen molar-refractivity contribution < 1.29 is 4.79 Å². The standard InChI is InChI=1S/C21H27N5OS/c1-13-3-5-18(6-4-13)26-20(23-24-25-26)28-14(2)19(27)22-21-10-15-7-16(11-21)9-17(8-15)12-21/h3-6,14-17H,7-12H2,1-2H3,(H,22,27)/t14-,15?,16?,17?,21?/m1/s1. The number of tetrazole rings is 1. The molecule has 1 N–H and O–H groups in total. The van der Waals surface area contributed by atoms with Gasteiger partial charge in [-0.1, -0.05) is 29.5 Å². The summed E-state index contributed by atoms with van der Waals surface area (Å²) in [5, 5.41) is 16.0. The van der Waals surface area contributed by atoms with Gasteiger partial charge < -0.3 is 5.32 Å². The largest absolute Gasteiger partial charge is 0.350 e. The summed E-state index contributed by atoms with van der Waals surface area (Å²) in [5.74, 6) is 2.58. The van der Waals surface area contributed by atoms with Crippen LogP contribution in [-0.4, -0.2) is 36.9 Å². The Morgan fingerprint density at radius 3 is 2.36 bits per heavy atom. The predicted molar refractivity (Wildman–Crippen MR) is 108 cm³/mol. The predicted octanol–water partition coefficient (Wildman–Crippen LogP) is 3.54. The van der Waals surface area contributed by atoms with Crippen LogP contribution in [-0.2, 0) is 4.79 Å². The maximum atomic E-state index is 13.0. The van der Waals surface area contributed by atoms with E-state index in [0.29, 0.717) is 5.16 Å². The summed E-state index contributed by atoms with van der Waals surface area (Å²) in [6.07, 6.45) is 7.65. The van der Waals surface area contributed by atoms with Crippen LogP contribution < -0.4 is 5.32 Å². The molecular formula is C21H27N5OS. The third-order valence-electron chi connectivity index (χ3n) is 6.80. The van der Waals surface area contributed by atoms with Crippen molar-refractivity contribution >= 4 is 17.7 Å². The lowest BCUT2D eigenvalue weighted by atomic mass is 9.53. The Bertz CT molecular complexity index is 842. The molecule has 1 heterocycles. The minimum Gasteiger partial charge on any atom is -0.350 e. The van der Waals surface area contributed by atoms with E-state index in [0.717, 1.165) is 23.4 Å². The molecule has 4 aliphatic carbocycles. The van der Waals surface area contributed by atoms with Crippen LogP contribution >= 0.6 is 11.8 Å². The zero-order valence-electron chi connectivity index (χ0n) is 16.5. The van der Waals surface area contributed by atoms with Crippen LogP contribution in [0.5, 0.6) is 0 Å². The third-order valence-corrected chi connectivity index (χ3v) is 7.83. The highest BCUT2D eigenvalue weighted by atomic mass is 32.2. The zero-order valence-corrected chi connectivity index (χ0v) is 17.3. The normalized spacial score (nSPS) is 31.7. The van der Waals surface area contributed by atoms with Gasteiger partial charge in [-0.25, -0.2) is 0 Å². The highest BCUT2D eigenvalue weighted by molar-refractivity contribution is 8.00. The van der Waals surface area contributed by atoms with Crippen LogP contribution in [0.1, 0.15) is 51.0 Å². The molecule has 1 aromatic heterocycles. The number of amides is 1. The van der Waals surface area contributed by atoms with Crippen molar-refractivity contribution in [2.24, 2.45) is 17.8 Å². The first-order chi connectivity index (χ1) is 13.5. The van der Waals surface area contributed by atoms with E-state index in [9.17, 15) is 4.79 Å². The zero-order chi connectivity index (χ0) is 19.3. The molecule has 0 saturated heterocycles.